The summed E-state index contributed by atoms with van der Waals surface area (Å²) < 4.78 is 5.12. The molecular formula is C17H22N2O4. The number of nitrogens with one attached hydrogen (secondary N) is 1. The topological polar surface area (TPSA) is 85.2 Å². The monoisotopic (exact) mass is 318 g/mol. The van der Waals surface area contributed by atoms with Crippen LogP contribution in [-0.4, -0.2) is 41.0 Å². The molecule has 0 aliphatic carbocycles. The van der Waals surface area contributed by atoms with Crippen LogP contribution in [0.3, 0.4) is 0 Å². The van der Waals surface area contributed by atoms with Gasteiger partial charge in [0.2, 0.25) is 0 Å². The molecule has 124 valence electrons. The van der Waals surface area contributed by atoms with Gasteiger partial charge in [0.1, 0.15) is 5.75 Å². The number of methoxy groups -OCH3 is 1. The lowest BCUT2D eigenvalue weighted by Crippen LogP contribution is -2.36. The van der Waals surface area contributed by atoms with E-state index in [2.05, 4.69) is 5.43 Å². The third kappa shape index (κ3) is 4.85. The summed E-state index contributed by atoms with van der Waals surface area (Å²) in [6.07, 6.45) is -0.792. The highest BCUT2D eigenvalue weighted by molar-refractivity contribution is 5.41. The Morgan fingerprint density at radius 2 is 1.78 bits per heavy atom. The molecule has 0 spiro atoms. The fourth-order valence-electron chi connectivity index (χ4n) is 2.17. The largest absolute Gasteiger partial charge is 0.504 e. The van der Waals surface area contributed by atoms with Crippen LogP contribution in [0.25, 0.3) is 0 Å². The molecule has 4 N–H and O–H groups in total. The summed E-state index contributed by atoms with van der Waals surface area (Å²) in [5.74, 6) is 0.366. The summed E-state index contributed by atoms with van der Waals surface area (Å²) in [5.41, 5.74) is 4.74. The number of nitrogens with zero attached hydrogens (tertiary/aromatic N) is 1. The molecule has 2 aromatic rings. The number of phenolic OH excluding ortho intramolecular Hbond substituents is 2. The smallest absolute Gasteiger partial charge is 0.157 e. The van der Waals surface area contributed by atoms with Crippen molar-refractivity contribution in [1.82, 2.24) is 10.4 Å². The Labute approximate surface area is 135 Å². The summed E-state index contributed by atoms with van der Waals surface area (Å²) in [7, 11) is 3.51. The number of ether oxygens (including phenoxy) is 1. The van der Waals surface area contributed by atoms with Crippen LogP contribution < -0.4 is 10.2 Å². The van der Waals surface area contributed by atoms with E-state index in [1.165, 1.54) is 12.1 Å². The number of aromatic hydroxyl groups is 2. The van der Waals surface area contributed by atoms with Crippen LogP contribution in [0.1, 0.15) is 17.2 Å². The number of hydrogen-bond donors (Lipinski definition) is 4. The van der Waals surface area contributed by atoms with Crippen molar-refractivity contribution >= 4 is 0 Å². The summed E-state index contributed by atoms with van der Waals surface area (Å²) in [5, 5.41) is 30.7. The number of phenols is 2. The maximum atomic E-state index is 10.1. The lowest BCUT2D eigenvalue weighted by Gasteiger charge is -2.21. The first kappa shape index (κ1) is 17.1. The second kappa shape index (κ2) is 7.82. The van der Waals surface area contributed by atoms with E-state index in [1.54, 1.807) is 13.2 Å². The van der Waals surface area contributed by atoms with Gasteiger partial charge in [-0.05, 0) is 35.4 Å². The maximum absolute atomic E-state index is 10.1. The summed E-state index contributed by atoms with van der Waals surface area (Å²) in [6, 6.07) is 12.0. The lowest BCUT2D eigenvalue weighted by molar-refractivity contribution is 0.126. The van der Waals surface area contributed by atoms with Gasteiger partial charge < -0.3 is 20.1 Å². The number of aliphatic hydroxyl groups excluding tert-OH is 1. The van der Waals surface area contributed by atoms with Crippen LogP contribution in [0.2, 0.25) is 0 Å². The molecule has 1 atom stereocenters. The average molecular weight is 318 g/mol. The van der Waals surface area contributed by atoms with Crippen LogP contribution in [-0.2, 0) is 6.54 Å². The van der Waals surface area contributed by atoms with Gasteiger partial charge >= 0.3 is 0 Å². The predicted octanol–water partition coefficient (Wildman–Crippen LogP) is 1.78. The zero-order chi connectivity index (χ0) is 16.8. The second-order valence-electron chi connectivity index (χ2n) is 5.33. The molecule has 1 unspecified atom stereocenters. The first-order chi connectivity index (χ1) is 11.0. The maximum Gasteiger partial charge on any atom is 0.157 e. The Kier molecular flexibility index (Phi) is 5.81. The van der Waals surface area contributed by atoms with Gasteiger partial charge in [0.25, 0.3) is 0 Å². The van der Waals surface area contributed by atoms with Crippen molar-refractivity contribution in [3.8, 4) is 17.2 Å². The first-order valence-corrected chi connectivity index (χ1v) is 7.27. The van der Waals surface area contributed by atoms with Gasteiger partial charge in [-0.25, -0.2) is 5.01 Å². The van der Waals surface area contributed by atoms with E-state index >= 15 is 0 Å². The Hall–Kier alpha value is -2.28. The Morgan fingerprint density at radius 1 is 1.09 bits per heavy atom. The molecular weight excluding hydrogens is 296 g/mol. The molecule has 0 bridgehead atoms. The standard InChI is InChI=1S/C17H22N2O4/c1-19(11-12-3-6-14(23-2)7-4-12)18-10-17(22)13-5-8-15(20)16(21)9-13/h3-9,17-18,20-22H,10-11H2,1-2H3. The SMILES string of the molecule is COc1ccc(CN(C)NCC(O)c2ccc(O)c(O)c2)cc1. The van der Waals surface area contributed by atoms with Crippen molar-refractivity contribution < 1.29 is 20.1 Å². The highest BCUT2D eigenvalue weighted by Crippen LogP contribution is 2.27. The number of benzene rings is 2. The third-order valence-corrected chi connectivity index (χ3v) is 3.52. The number of hydrogen-bond acceptors (Lipinski definition) is 6. The van der Waals surface area contributed by atoms with Gasteiger partial charge in [-0.1, -0.05) is 18.2 Å². The Balaban J connectivity index is 1.85. The second-order valence-corrected chi connectivity index (χ2v) is 5.33. The Morgan fingerprint density at radius 3 is 2.39 bits per heavy atom. The third-order valence-electron chi connectivity index (χ3n) is 3.52. The van der Waals surface area contributed by atoms with Crippen LogP contribution in [0, 0.1) is 0 Å². The fraction of sp³-hybridized carbons (Fsp3) is 0.294. The molecule has 0 aliphatic heterocycles. The van der Waals surface area contributed by atoms with Gasteiger partial charge in [0.15, 0.2) is 11.5 Å². The van der Waals surface area contributed by atoms with E-state index in [1.807, 2.05) is 36.3 Å². The highest BCUT2D eigenvalue weighted by Gasteiger charge is 2.11. The van der Waals surface area contributed by atoms with Gasteiger partial charge in [-0.2, -0.15) is 0 Å². The molecule has 0 aromatic heterocycles. The van der Waals surface area contributed by atoms with E-state index in [-0.39, 0.29) is 18.0 Å². The van der Waals surface area contributed by atoms with Crippen molar-refractivity contribution in [3.63, 3.8) is 0 Å². The molecule has 0 saturated carbocycles. The number of rotatable bonds is 7. The van der Waals surface area contributed by atoms with Crippen LogP contribution in [0.5, 0.6) is 17.2 Å². The highest BCUT2D eigenvalue weighted by atomic mass is 16.5. The minimum atomic E-state index is -0.792. The summed E-state index contributed by atoms with van der Waals surface area (Å²) in [6.45, 7) is 0.953. The molecule has 0 heterocycles. The van der Waals surface area contributed by atoms with E-state index in [0.717, 1.165) is 11.3 Å². The van der Waals surface area contributed by atoms with Crippen LogP contribution in [0.15, 0.2) is 42.5 Å². The molecule has 0 radical (unpaired) electrons. The van der Waals surface area contributed by atoms with Crippen molar-refractivity contribution in [1.29, 1.82) is 0 Å². The van der Waals surface area contributed by atoms with Crippen LogP contribution in [0.4, 0.5) is 0 Å². The molecule has 6 heteroatoms. The average Bonchev–Trinajstić information content (AvgIpc) is 2.56. The normalized spacial score (nSPS) is 12.3. The molecule has 2 rings (SSSR count). The predicted molar refractivity (Wildman–Crippen MR) is 87.2 cm³/mol. The fourth-order valence-corrected chi connectivity index (χ4v) is 2.17. The Bertz CT molecular complexity index is 631. The zero-order valence-corrected chi connectivity index (χ0v) is 13.2. The first-order valence-electron chi connectivity index (χ1n) is 7.27. The van der Waals surface area contributed by atoms with Crippen molar-refractivity contribution in [2.75, 3.05) is 20.7 Å². The van der Waals surface area contributed by atoms with Crippen molar-refractivity contribution in [2.24, 2.45) is 0 Å². The number of hydrazine groups is 1. The molecule has 2 aromatic carbocycles. The van der Waals surface area contributed by atoms with Crippen LogP contribution >= 0.6 is 0 Å². The summed E-state index contributed by atoms with van der Waals surface area (Å²) in [4.78, 5) is 0. The molecule has 0 amide bonds. The molecule has 0 saturated heterocycles. The van der Waals surface area contributed by atoms with Gasteiger partial charge in [0.05, 0.1) is 13.2 Å². The molecule has 23 heavy (non-hydrogen) atoms. The summed E-state index contributed by atoms with van der Waals surface area (Å²) >= 11 is 0. The van der Waals surface area contributed by atoms with E-state index in [9.17, 15) is 15.3 Å². The van der Waals surface area contributed by atoms with Crippen molar-refractivity contribution in [3.05, 3.63) is 53.6 Å². The van der Waals surface area contributed by atoms with Gasteiger partial charge in [0, 0.05) is 20.1 Å². The van der Waals surface area contributed by atoms with Crippen molar-refractivity contribution in [2.45, 2.75) is 12.6 Å². The number of aliphatic hydroxyl groups is 1. The quantitative estimate of drug-likeness (QED) is 0.460. The van der Waals surface area contributed by atoms with E-state index in [4.69, 9.17) is 4.74 Å². The van der Waals surface area contributed by atoms with Gasteiger partial charge in [-0.15, -0.1) is 0 Å². The minimum absolute atomic E-state index is 0.203. The molecule has 0 fully saturated rings. The lowest BCUT2D eigenvalue weighted by atomic mass is 10.1. The zero-order valence-electron chi connectivity index (χ0n) is 13.2. The molecule has 6 nitrogen and oxygen atoms in total. The minimum Gasteiger partial charge on any atom is -0.504 e. The van der Waals surface area contributed by atoms with E-state index < -0.39 is 6.10 Å². The van der Waals surface area contributed by atoms with E-state index in [0.29, 0.717) is 12.1 Å². The van der Waals surface area contributed by atoms with Gasteiger partial charge in [-0.3, -0.25) is 5.43 Å². The molecule has 0 aliphatic rings.